The first-order valence-electron chi connectivity index (χ1n) is 3.27. The second kappa shape index (κ2) is 4.10. The zero-order valence-electron chi connectivity index (χ0n) is 6.44. The highest BCUT2D eigenvalue weighted by Crippen LogP contribution is 2.13. The van der Waals surface area contributed by atoms with E-state index in [9.17, 15) is 8.78 Å². The number of aromatic nitrogens is 3. The molecular formula is C6H8F2N3O. The fourth-order valence-electron chi connectivity index (χ4n) is 0.730. The van der Waals surface area contributed by atoms with E-state index in [1.807, 2.05) is 0 Å². The van der Waals surface area contributed by atoms with Crippen LogP contribution >= 0.6 is 0 Å². The van der Waals surface area contributed by atoms with Crippen LogP contribution in [0, 0.1) is 6.43 Å². The molecule has 0 fully saturated rings. The third-order valence-electron chi connectivity index (χ3n) is 1.35. The molecule has 1 aromatic rings. The predicted molar refractivity (Wildman–Crippen MR) is 36.3 cm³/mol. The monoisotopic (exact) mass is 176 g/mol. The van der Waals surface area contributed by atoms with Crippen molar-refractivity contribution in [3.05, 3.63) is 19.1 Å². The number of nitrogens with zero attached hydrogens (tertiary/aromatic N) is 3. The fourth-order valence-corrected chi connectivity index (χ4v) is 0.730. The average Bonchev–Trinajstić information content (AvgIpc) is 2.51. The van der Waals surface area contributed by atoms with Crippen LogP contribution in [-0.2, 0) is 11.3 Å². The third kappa shape index (κ3) is 2.23. The van der Waals surface area contributed by atoms with Crippen LogP contribution in [0.15, 0.2) is 12.7 Å². The van der Waals surface area contributed by atoms with Gasteiger partial charge in [0.2, 0.25) is 0 Å². The Kier molecular flexibility index (Phi) is 3.09. The molecule has 67 valence electrons. The zero-order valence-corrected chi connectivity index (χ0v) is 6.44. The van der Waals surface area contributed by atoms with Crippen molar-refractivity contribution >= 4 is 0 Å². The molecule has 0 aromatic carbocycles. The number of hydrogen-bond donors (Lipinski definition) is 0. The summed E-state index contributed by atoms with van der Waals surface area (Å²) in [5.41, 5.74) is 0. The van der Waals surface area contributed by atoms with Gasteiger partial charge in [0.25, 0.3) is 0 Å². The maximum Gasteiger partial charge on any atom is 0.340 e. The van der Waals surface area contributed by atoms with Crippen LogP contribution in [0.1, 0.15) is 0 Å². The largest absolute Gasteiger partial charge is 0.373 e. The summed E-state index contributed by atoms with van der Waals surface area (Å²) in [6.45, 7) is -0.0150. The molecule has 1 aromatic heterocycles. The molecule has 0 amide bonds. The Hall–Kier alpha value is -1.04. The van der Waals surface area contributed by atoms with Gasteiger partial charge in [0.15, 0.2) is 0 Å². The lowest BCUT2D eigenvalue weighted by molar-refractivity contribution is 0.0247. The number of rotatable bonds is 4. The summed E-state index contributed by atoms with van der Waals surface area (Å²) in [5.74, 6) is 0. The van der Waals surface area contributed by atoms with Crippen molar-refractivity contribution in [3.8, 4) is 0 Å². The van der Waals surface area contributed by atoms with Gasteiger partial charge in [-0.3, -0.25) is 4.68 Å². The second-order valence-electron chi connectivity index (χ2n) is 2.13. The Labute approximate surface area is 68.2 Å². The minimum absolute atomic E-state index is 0.0150. The molecule has 12 heavy (non-hydrogen) atoms. The van der Waals surface area contributed by atoms with Crippen molar-refractivity contribution in [2.45, 2.75) is 12.6 Å². The molecule has 0 saturated heterocycles. The number of hydrogen-bond acceptors (Lipinski definition) is 3. The third-order valence-corrected chi connectivity index (χ3v) is 1.35. The lowest BCUT2D eigenvalue weighted by Gasteiger charge is -2.11. The van der Waals surface area contributed by atoms with E-state index in [2.05, 4.69) is 14.8 Å². The van der Waals surface area contributed by atoms with Crippen LogP contribution in [0.25, 0.3) is 0 Å². The van der Waals surface area contributed by atoms with E-state index in [4.69, 9.17) is 0 Å². The normalized spacial score (nSPS) is 13.7. The smallest absolute Gasteiger partial charge is 0.340 e. The first-order valence-corrected chi connectivity index (χ1v) is 3.27. The lowest BCUT2D eigenvalue weighted by atomic mass is 10.4. The van der Waals surface area contributed by atoms with Crippen molar-refractivity contribution < 1.29 is 13.5 Å². The minimum atomic E-state index is -1.76. The second-order valence-corrected chi connectivity index (χ2v) is 2.13. The van der Waals surface area contributed by atoms with Crippen molar-refractivity contribution in [2.75, 3.05) is 7.11 Å². The van der Waals surface area contributed by atoms with Crippen LogP contribution in [0.3, 0.4) is 0 Å². The fraction of sp³-hybridized carbons (Fsp3) is 0.500. The van der Waals surface area contributed by atoms with Crippen LogP contribution in [0.5, 0.6) is 0 Å². The predicted octanol–water partition coefficient (Wildman–Crippen LogP) is 0.722. The van der Waals surface area contributed by atoms with Crippen LogP contribution in [-0.4, -0.2) is 28.0 Å². The number of halogens is 2. The Bertz CT molecular complexity index is 215. The quantitative estimate of drug-likeness (QED) is 0.678. The molecular weight excluding hydrogens is 168 g/mol. The van der Waals surface area contributed by atoms with Gasteiger partial charge < -0.3 is 4.74 Å². The van der Waals surface area contributed by atoms with Crippen LogP contribution in [0.4, 0.5) is 8.78 Å². The van der Waals surface area contributed by atoms with E-state index in [1.54, 1.807) is 0 Å². The summed E-state index contributed by atoms with van der Waals surface area (Å²) in [5, 5.41) is 3.67. The highest BCUT2D eigenvalue weighted by Gasteiger charge is 2.22. The minimum Gasteiger partial charge on any atom is -0.373 e. The summed E-state index contributed by atoms with van der Waals surface area (Å²) >= 11 is 0. The van der Waals surface area contributed by atoms with Crippen molar-refractivity contribution in [1.82, 2.24) is 14.8 Å². The summed E-state index contributed by atoms with van der Waals surface area (Å²) in [6.07, 6.45) is -0.322. The van der Waals surface area contributed by atoms with E-state index in [1.165, 1.54) is 24.4 Å². The summed E-state index contributed by atoms with van der Waals surface area (Å²) in [4.78, 5) is 3.61. The van der Waals surface area contributed by atoms with Gasteiger partial charge in [-0.25, -0.2) is 4.98 Å². The van der Waals surface area contributed by atoms with Gasteiger partial charge in [0.05, 0.1) is 6.54 Å². The summed E-state index contributed by atoms with van der Waals surface area (Å²) < 4.78 is 29.8. The highest BCUT2D eigenvalue weighted by atomic mass is 19.3. The molecule has 0 bridgehead atoms. The van der Waals surface area contributed by atoms with Crippen molar-refractivity contribution in [1.29, 1.82) is 0 Å². The standard InChI is InChI=1S/C6H8F2N3O/c1-12-5(6(7)8)2-11-4-9-3-10-11/h3-5H,2H2,1H3. The maximum absolute atomic E-state index is 12.0. The molecule has 0 saturated carbocycles. The number of ether oxygens (including phenoxy) is 1. The van der Waals surface area contributed by atoms with E-state index in [0.29, 0.717) is 0 Å². The molecule has 1 radical (unpaired) electrons. The van der Waals surface area contributed by atoms with Gasteiger partial charge in [-0.1, -0.05) is 0 Å². The highest BCUT2D eigenvalue weighted by molar-refractivity contribution is 4.75. The molecule has 0 aliphatic rings. The molecule has 0 aliphatic heterocycles. The molecule has 6 heteroatoms. The topological polar surface area (TPSA) is 39.9 Å². The van der Waals surface area contributed by atoms with Gasteiger partial charge in [-0.05, 0) is 0 Å². The van der Waals surface area contributed by atoms with E-state index in [-0.39, 0.29) is 6.54 Å². The summed E-state index contributed by atoms with van der Waals surface area (Å²) in [6, 6.07) is 0. The SMILES string of the molecule is COC(Cn1cncn1)[C](F)F. The first kappa shape index (κ1) is 9.05. The molecule has 1 rings (SSSR count). The Balaban J connectivity index is 2.48. The Morgan fingerprint density at radius 3 is 2.83 bits per heavy atom. The molecule has 1 heterocycles. The van der Waals surface area contributed by atoms with Crippen LogP contribution < -0.4 is 0 Å². The Morgan fingerprint density at radius 1 is 1.67 bits per heavy atom. The first-order chi connectivity index (χ1) is 5.74. The Morgan fingerprint density at radius 2 is 2.42 bits per heavy atom. The van der Waals surface area contributed by atoms with Crippen molar-refractivity contribution in [3.63, 3.8) is 0 Å². The van der Waals surface area contributed by atoms with Crippen LogP contribution in [0.2, 0.25) is 0 Å². The number of methoxy groups -OCH3 is 1. The van der Waals surface area contributed by atoms with Gasteiger partial charge in [-0.15, -0.1) is 0 Å². The van der Waals surface area contributed by atoms with Gasteiger partial charge >= 0.3 is 6.43 Å². The van der Waals surface area contributed by atoms with Gasteiger partial charge in [-0.2, -0.15) is 13.9 Å². The molecule has 0 aliphatic carbocycles. The van der Waals surface area contributed by atoms with Gasteiger partial charge in [0, 0.05) is 7.11 Å². The summed E-state index contributed by atoms with van der Waals surface area (Å²) in [7, 11) is 1.22. The van der Waals surface area contributed by atoms with E-state index in [0.717, 1.165) is 0 Å². The van der Waals surface area contributed by atoms with E-state index < -0.39 is 12.5 Å². The average molecular weight is 176 g/mol. The lowest BCUT2D eigenvalue weighted by Crippen LogP contribution is -2.22. The molecule has 0 spiro atoms. The maximum atomic E-state index is 12.0. The van der Waals surface area contributed by atoms with E-state index >= 15 is 0 Å². The van der Waals surface area contributed by atoms with Crippen molar-refractivity contribution in [2.24, 2.45) is 0 Å². The van der Waals surface area contributed by atoms with Gasteiger partial charge in [0.1, 0.15) is 18.8 Å². The molecule has 4 nitrogen and oxygen atoms in total. The zero-order chi connectivity index (χ0) is 8.97. The molecule has 1 unspecified atom stereocenters. The molecule has 0 N–H and O–H groups in total. The molecule has 1 atom stereocenters.